The Morgan fingerprint density at radius 3 is 2.33 bits per heavy atom. The highest BCUT2D eigenvalue weighted by Gasteiger charge is 2.66. The average Bonchev–Trinajstić information content (AvgIpc) is 2.60. The van der Waals surface area contributed by atoms with Gasteiger partial charge in [0.25, 0.3) is 0 Å². The molecule has 0 amide bonds. The first-order chi connectivity index (χ1) is 8.20. The van der Waals surface area contributed by atoms with Gasteiger partial charge in [0.05, 0.1) is 0 Å². The van der Waals surface area contributed by atoms with Crippen molar-refractivity contribution in [2.45, 2.75) is 60.3 Å². The molecule has 0 aliphatic heterocycles. The zero-order chi connectivity index (χ0) is 13.8. The first-order valence-electron chi connectivity index (χ1n) is 7.13. The van der Waals surface area contributed by atoms with Gasteiger partial charge in [0.2, 0.25) is 0 Å². The van der Waals surface area contributed by atoms with E-state index in [-0.39, 0.29) is 10.8 Å². The second kappa shape index (κ2) is 3.85. The number of aliphatic carboxylic acids is 1. The topological polar surface area (TPSA) is 37.3 Å². The molecule has 2 bridgehead atoms. The minimum atomic E-state index is -0.771. The van der Waals surface area contributed by atoms with Crippen LogP contribution in [0.15, 0.2) is 11.6 Å². The molecule has 0 heterocycles. The monoisotopic (exact) mass is 250 g/mol. The lowest BCUT2D eigenvalue weighted by Crippen LogP contribution is -2.40. The third kappa shape index (κ3) is 1.44. The summed E-state index contributed by atoms with van der Waals surface area (Å²) in [7, 11) is 0. The second-order valence-electron chi connectivity index (χ2n) is 7.14. The van der Waals surface area contributed by atoms with Gasteiger partial charge in [-0.15, -0.1) is 0 Å². The van der Waals surface area contributed by atoms with Gasteiger partial charge >= 0.3 is 5.97 Å². The van der Waals surface area contributed by atoms with Crippen LogP contribution in [0.3, 0.4) is 0 Å². The summed E-state index contributed by atoms with van der Waals surface area (Å²) in [5.74, 6) is -0.0210. The van der Waals surface area contributed by atoms with E-state index in [1.165, 1.54) is 12.8 Å². The largest absolute Gasteiger partial charge is 0.478 e. The van der Waals surface area contributed by atoms with Crippen molar-refractivity contribution in [2.24, 2.45) is 22.2 Å². The minimum Gasteiger partial charge on any atom is -0.478 e. The maximum absolute atomic E-state index is 11.1. The molecule has 0 radical (unpaired) electrons. The predicted octanol–water partition coefficient (Wildman–Crippen LogP) is 4.26. The number of hydrogen-bond donors (Lipinski definition) is 1. The SMILES string of the molecule is CCC1(/C=C(\C)C(=O)O)CC2CCC1(C)C2(C)C. The van der Waals surface area contributed by atoms with E-state index in [9.17, 15) is 4.79 Å². The number of fused-ring (bicyclic) bond motifs is 2. The molecule has 2 aliphatic rings. The summed E-state index contributed by atoms with van der Waals surface area (Å²) >= 11 is 0. The van der Waals surface area contributed by atoms with E-state index >= 15 is 0 Å². The number of hydrogen-bond acceptors (Lipinski definition) is 1. The molecule has 2 heteroatoms. The highest BCUT2D eigenvalue weighted by atomic mass is 16.4. The number of rotatable bonds is 3. The van der Waals surface area contributed by atoms with Gasteiger partial charge in [0.15, 0.2) is 0 Å². The van der Waals surface area contributed by atoms with Crippen LogP contribution in [0.4, 0.5) is 0 Å². The van der Waals surface area contributed by atoms with Gasteiger partial charge < -0.3 is 5.11 Å². The molecule has 0 aromatic heterocycles. The quantitative estimate of drug-likeness (QED) is 0.760. The van der Waals surface area contributed by atoms with E-state index in [1.807, 2.05) is 0 Å². The smallest absolute Gasteiger partial charge is 0.330 e. The normalized spacial score (nSPS) is 42.3. The van der Waals surface area contributed by atoms with Crippen LogP contribution in [0, 0.1) is 22.2 Å². The van der Waals surface area contributed by atoms with Gasteiger partial charge in [0, 0.05) is 5.57 Å². The van der Waals surface area contributed by atoms with Crippen LogP contribution in [0.5, 0.6) is 0 Å². The molecule has 18 heavy (non-hydrogen) atoms. The van der Waals surface area contributed by atoms with Crippen LogP contribution < -0.4 is 0 Å². The van der Waals surface area contributed by atoms with Crippen molar-refractivity contribution in [1.29, 1.82) is 0 Å². The summed E-state index contributed by atoms with van der Waals surface area (Å²) in [5.41, 5.74) is 1.18. The summed E-state index contributed by atoms with van der Waals surface area (Å²) < 4.78 is 0. The highest BCUT2D eigenvalue weighted by Crippen LogP contribution is 2.74. The van der Waals surface area contributed by atoms with Crippen molar-refractivity contribution in [3.05, 3.63) is 11.6 Å². The van der Waals surface area contributed by atoms with Crippen molar-refractivity contribution in [3.63, 3.8) is 0 Å². The molecule has 3 atom stereocenters. The van der Waals surface area contributed by atoms with E-state index in [0.717, 1.165) is 18.8 Å². The zero-order valence-corrected chi connectivity index (χ0v) is 12.3. The van der Waals surface area contributed by atoms with Gasteiger partial charge in [-0.3, -0.25) is 0 Å². The van der Waals surface area contributed by atoms with Crippen molar-refractivity contribution in [3.8, 4) is 0 Å². The first kappa shape index (κ1) is 13.6. The van der Waals surface area contributed by atoms with E-state index in [0.29, 0.717) is 11.0 Å². The summed E-state index contributed by atoms with van der Waals surface area (Å²) in [6.45, 7) is 11.1. The third-order valence-corrected chi connectivity index (χ3v) is 6.61. The second-order valence-corrected chi connectivity index (χ2v) is 7.14. The van der Waals surface area contributed by atoms with Gasteiger partial charge in [-0.25, -0.2) is 4.79 Å². The van der Waals surface area contributed by atoms with Crippen LogP contribution in [-0.4, -0.2) is 11.1 Å². The molecule has 2 aliphatic carbocycles. The van der Waals surface area contributed by atoms with Crippen molar-refractivity contribution >= 4 is 5.97 Å². The minimum absolute atomic E-state index is 0.0852. The molecule has 0 aromatic rings. The number of carboxylic acid groups (broad SMARTS) is 1. The molecule has 0 saturated heterocycles. The van der Waals surface area contributed by atoms with Crippen LogP contribution >= 0.6 is 0 Å². The summed E-state index contributed by atoms with van der Waals surface area (Å²) in [4.78, 5) is 11.1. The molecule has 1 N–H and O–H groups in total. The summed E-state index contributed by atoms with van der Waals surface area (Å²) in [5, 5.41) is 9.17. The lowest BCUT2D eigenvalue weighted by atomic mass is 9.57. The number of carboxylic acids is 1. The molecule has 2 fully saturated rings. The van der Waals surface area contributed by atoms with Gasteiger partial charge in [-0.1, -0.05) is 33.8 Å². The Kier molecular flexibility index (Phi) is 2.92. The molecular formula is C16H26O2. The maximum atomic E-state index is 11.1. The first-order valence-corrected chi connectivity index (χ1v) is 7.13. The molecule has 2 rings (SSSR count). The molecule has 2 nitrogen and oxygen atoms in total. The lowest BCUT2D eigenvalue weighted by molar-refractivity contribution is -0.132. The number of carbonyl (C=O) groups is 1. The Balaban J connectivity index is 2.49. The Bertz CT molecular complexity index is 407. The molecule has 102 valence electrons. The van der Waals surface area contributed by atoms with Crippen molar-refractivity contribution in [2.75, 3.05) is 0 Å². The van der Waals surface area contributed by atoms with E-state index < -0.39 is 5.97 Å². The standard InChI is InChI=1S/C16H26O2/c1-6-16(9-11(2)13(17)18)10-12-7-8-15(16,5)14(12,3)4/h9,12H,6-8,10H2,1-5H3,(H,17,18)/b11-9+. The molecular weight excluding hydrogens is 224 g/mol. The van der Waals surface area contributed by atoms with Crippen LogP contribution in [-0.2, 0) is 4.79 Å². The Morgan fingerprint density at radius 2 is 2.00 bits per heavy atom. The average molecular weight is 250 g/mol. The van der Waals surface area contributed by atoms with Crippen LogP contribution in [0.25, 0.3) is 0 Å². The summed E-state index contributed by atoms with van der Waals surface area (Å²) in [6, 6.07) is 0. The van der Waals surface area contributed by atoms with Crippen LogP contribution in [0.2, 0.25) is 0 Å². The Hall–Kier alpha value is -0.790. The van der Waals surface area contributed by atoms with Gasteiger partial charge in [0.1, 0.15) is 0 Å². The lowest BCUT2D eigenvalue weighted by Gasteiger charge is -2.47. The number of allylic oxidation sites excluding steroid dienone is 1. The van der Waals surface area contributed by atoms with Crippen molar-refractivity contribution < 1.29 is 9.90 Å². The zero-order valence-electron chi connectivity index (χ0n) is 12.3. The molecule has 2 saturated carbocycles. The molecule has 0 spiro atoms. The van der Waals surface area contributed by atoms with E-state index in [4.69, 9.17) is 5.11 Å². The van der Waals surface area contributed by atoms with Crippen LogP contribution in [0.1, 0.15) is 60.3 Å². The highest BCUT2D eigenvalue weighted by molar-refractivity contribution is 5.86. The van der Waals surface area contributed by atoms with E-state index in [2.05, 4.69) is 33.8 Å². The maximum Gasteiger partial charge on any atom is 0.330 e. The van der Waals surface area contributed by atoms with Gasteiger partial charge in [-0.2, -0.15) is 0 Å². The fourth-order valence-corrected chi connectivity index (χ4v) is 4.84. The third-order valence-electron chi connectivity index (χ3n) is 6.61. The summed E-state index contributed by atoms with van der Waals surface area (Å²) in [6.07, 6.45) is 6.84. The molecule has 0 aromatic carbocycles. The van der Waals surface area contributed by atoms with E-state index in [1.54, 1.807) is 6.92 Å². The van der Waals surface area contributed by atoms with Crippen molar-refractivity contribution in [1.82, 2.24) is 0 Å². The predicted molar refractivity (Wildman–Crippen MR) is 73.3 cm³/mol. The fraction of sp³-hybridized carbons (Fsp3) is 0.812. The fourth-order valence-electron chi connectivity index (χ4n) is 4.84. The molecule has 3 unspecified atom stereocenters. The Labute approximate surface area is 110 Å². The van der Waals surface area contributed by atoms with Gasteiger partial charge in [-0.05, 0) is 54.8 Å². The Morgan fingerprint density at radius 1 is 1.39 bits per heavy atom.